The molecule has 0 aromatic heterocycles. The maximum Gasteiger partial charge on any atom is 0.264 e. The Balaban J connectivity index is 1.72. The fourth-order valence-electron chi connectivity index (χ4n) is 3.06. The molecule has 0 aliphatic rings. The number of methoxy groups -OCH3 is 1. The minimum Gasteiger partial charge on any atom is -0.497 e. The van der Waals surface area contributed by atoms with Crippen LogP contribution in [0.25, 0.3) is 0 Å². The number of hydrogen-bond donors (Lipinski definition) is 1. The minimum atomic E-state index is -3.67. The van der Waals surface area contributed by atoms with E-state index in [9.17, 15) is 13.2 Å². The number of nitrogens with zero attached hydrogens (tertiary/aromatic N) is 1. The van der Waals surface area contributed by atoms with Gasteiger partial charge in [0.2, 0.25) is 0 Å². The molecule has 0 bridgehead atoms. The summed E-state index contributed by atoms with van der Waals surface area (Å²) < 4.78 is 32.4. The zero-order valence-corrected chi connectivity index (χ0v) is 17.7. The first-order chi connectivity index (χ1) is 14.5. The Morgan fingerprint density at radius 3 is 2.30 bits per heavy atom. The number of anilines is 1. The Hall–Kier alpha value is -3.32. The molecule has 0 unspecified atom stereocenters. The molecule has 0 atom stereocenters. The van der Waals surface area contributed by atoms with Crippen LogP contribution in [0.3, 0.4) is 0 Å². The highest BCUT2D eigenvalue weighted by Crippen LogP contribution is 2.24. The summed E-state index contributed by atoms with van der Waals surface area (Å²) in [6, 6.07) is 22.3. The molecular weight excluding hydrogens is 400 g/mol. The van der Waals surface area contributed by atoms with E-state index in [-0.39, 0.29) is 17.3 Å². The SMILES string of the molecule is CCN(c1ccc(C(=O)NCc2cccc(OC)c2)cc1)S(=O)(=O)c1ccccc1. The third-order valence-corrected chi connectivity index (χ3v) is 6.54. The van der Waals surface area contributed by atoms with Gasteiger partial charge >= 0.3 is 0 Å². The van der Waals surface area contributed by atoms with Crippen molar-refractivity contribution in [3.8, 4) is 5.75 Å². The van der Waals surface area contributed by atoms with Crippen molar-refractivity contribution in [1.29, 1.82) is 0 Å². The molecule has 30 heavy (non-hydrogen) atoms. The van der Waals surface area contributed by atoms with Gasteiger partial charge in [-0.25, -0.2) is 8.42 Å². The monoisotopic (exact) mass is 424 g/mol. The van der Waals surface area contributed by atoms with E-state index in [0.717, 1.165) is 11.3 Å². The summed E-state index contributed by atoms with van der Waals surface area (Å²) in [4.78, 5) is 12.7. The van der Waals surface area contributed by atoms with Crippen LogP contribution in [0.4, 0.5) is 5.69 Å². The standard InChI is InChI=1S/C23H24N2O4S/c1-3-25(30(27,28)22-10-5-4-6-11-22)20-14-12-19(13-15-20)23(26)24-17-18-8-7-9-21(16-18)29-2/h4-16H,3,17H2,1-2H3,(H,24,26). The van der Waals surface area contributed by atoms with Crippen LogP contribution in [-0.4, -0.2) is 28.0 Å². The first-order valence-corrected chi connectivity index (χ1v) is 11.0. The van der Waals surface area contributed by atoms with E-state index in [4.69, 9.17) is 4.74 Å². The lowest BCUT2D eigenvalue weighted by atomic mass is 10.1. The summed E-state index contributed by atoms with van der Waals surface area (Å²) in [5.41, 5.74) is 1.88. The van der Waals surface area contributed by atoms with Crippen LogP contribution in [-0.2, 0) is 16.6 Å². The summed E-state index contributed by atoms with van der Waals surface area (Å²) in [7, 11) is -2.08. The molecule has 0 saturated carbocycles. The number of carbonyl (C=O) groups is 1. The topological polar surface area (TPSA) is 75.7 Å². The number of benzene rings is 3. The van der Waals surface area contributed by atoms with Gasteiger partial charge in [-0.1, -0.05) is 30.3 Å². The zero-order chi connectivity index (χ0) is 21.6. The molecular formula is C23H24N2O4S. The molecule has 0 fully saturated rings. The number of carbonyl (C=O) groups excluding carboxylic acids is 1. The van der Waals surface area contributed by atoms with Gasteiger partial charge in [0, 0.05) is 18.7 Å². The smallest absolute Gasteiger partial charge is 0.264 e. The van der Waals surface area contributed by atoms with Crippen molar-refractivity contribution < 1.29 is 17.9 Å². The third-order valence-electron chi connectivity index (χ3n) is 4.62. The molecule has 0 aliphatic carbocycles. The number of nitrogens with one attached hydrogen (secondary N) is 1. The van der Waals surface area contributed by atoms with Gasteiger partial charge in [-0.3, -0.25) is 9.10 Å². The summed E-state index contributed by atoms with van der Waals surface area (Å²) in [5.74, 6) is 0.490. The van der Waals surface area contributed by atoms with E-state index < -0.39 is 10.0 Å². The number of amides is 1. The van der Waals surface area contributed by atoms with Crippen molar-refractivity contribution in [2.24, 2.45) is 0 Å². The van der Waals surface area contributed by atoms with Gasteiger partial charge in [0.15, 0.2) is 0 Å². The molecule has 156 valence electrons. The Morgan fingerprint density at radius 1 is 0.967 bits per heavy atom. The van der Waals surface area contributed by atoms with Crippen molar-refractivity contribution in [2.45, 2.75) is 18.4 Å². The molecule has 3 aromatic carbocycles. The number of ether oxygens (including phenoxy) is 1. The van der Waals surface area contributed by atoms with Crippen molar-refractivity contribution in [2.75, 3.05) is 18.0 Å². The second kappa shape index (κ2) is 9.45. The van der Waals surface area contributed by atoms with E-state index >= 15 is 0 Å². The average molecular weight is 425 g/mol. The van der Waals surface area contributed by atoms with E-state index in [1.165, 1.54) is 4.31 Å². The van der Waals surface area contributed by atoms with Crippen LogP contribution in [0.2, 0.25) is 0 Å². The van der Waals surface area contributed by atoms with Gasteiger partial charge in [0.1, 0.15) is 5.75 Å². The van der Waals surface area contributed by atoms with Crippen LogP contribution in [0.5, 0.6) is 5.75 Å². The van der Waals surface area contributed by atoms with Crippen LogP contribution >= 0.6 is 0 Å². The zero-order valence-electron chi connectivity index (χ0n) is 16.9. The Labute approximate surface area is 177 Å². The highest BCUT2D eigenvalue weighted by molar-refractivity contribution is 7.92. The molecule has 0 aliphatic heterocycles. The molecule has 0 spiro atoms. The molecule has 6 nitrogen and oxygen atoms in total. The second-order valence-electron chi connectivity index (χ2n) is 6.56. The highest BCUT2D eigenvalue weighted by Gasteiger charge is 2.23. The molecule has 1 amide bonds. The molecule has 7 heteroatoms. The number of sulfonamides is 1. The van der Waals surface area contributed by atoms with Crippen LogP contribution < -0.4 is 14.4 Å². The Bertz CT molecular complexity index is 1100. The lowest BCUT2D eigenvalue weighted by Gasteiger charge is -2.23. The van der Waals surface area contributed by atoms with Crippen LogP contribution in [0, 0.1) is 0 Å². The van der Waals surface area contributed by atoms with Crippen molar-refractivity contribution in [1.82, 2.24) is 5.32 Å². The summed E-state index contributed by atoms with van der Waals surface area (Å²) in [5, 5.41) is 2.86. The minimum absolute atomic E-state index is 0.229. The summed E-state index contributed by atoms with van der Waals surface area (Å²) in [6.07, 6.45) is 0. The third kappa shape index (κ3) is 4.80. The maximum absolute atomic E-state index is 12.9. The average Bonchev–Trinajstić information content (AvgIpc) is 2.79. The highest BCUT2D eigenvalue weighted by atomic mass is 32.2. The number of hydrogen-bond acceptors (Lipinski definition) is 4. The predicted molar refractivity (Wildman–Crippen MR) is 117 cm³/mol. The normalized spacial score (nSPS) is 11.0. The van der Waals surface area contributed by atoms with Gasteiger partial charge in [0.25, 0.3) is 15.9 Å². The first kappa shape index (κ1) is 21.4. The fraction of sp³-hybridized carbons (Fsp3) is 0.174. The summed E-state index contributed by atoms with van der Waals surface area (Å²) in [6.45, 7) is 2.41. The van der Waals surface area contributed by atoms with Crippen molar-refractivity contribution in [3.05, 3.63) is 90.0 Å². The van der Waals surface area contributed by atoms with Gasteiger partial charge in [-0.15, -0.1) is 0 Å². The van der Waals surface area contributed by atoms with Gasteiger partial charge < -0.3 is 10.1 Å². The van der Waals surface area contributed by atoms with Gasteiger partial charge in [-0.05, 0) is 61.0 Å². The number of rotatable bonds is 8. The first-order valence-electron chi connectivity index (χ1n) is 9.54. The molecule has 0 radical (unpaired) electrons. The molecule has 0 saturated heterocycles. The summed E-state index contributed by atoms with van der Waals surface area (Å²) >= 11 is 0. The van der Waals surface area contributed by atoms with Crippen molar-refractivity contribution >= 4 is 21.6 Å². The quantitative estimate of drug-likeness (QED) is 0.596. The van der Waals surface area contributed by atoms with Gasteiger partial charge in [0.05, 0.1) is 17.7 Å². The molecule has 3 aromatic rings. The van der Waals surface area contributed by atoms with Crippen LogP contribution in [0.15, 0.2) is 83.8 Å². The fourth-order valence-corrected chi connectivity index (χ4v) is 4.55. The molecule has 1 N–H and O–H groups in total. The van der Waals surface area contributed by atoms with E-state index in [1.54, 1.807) is 68.6 Å². The van der Waals surface area contributed by atoms with Crippen molar-refractivity contribution in [3.63, 3.8) is 0 Å². The predicted octanol–water partition coefficient (Wildman–Crippen LogP) is 3.84. The van der Waals surface area contributed by atoms with Gasteiger partial charge in [-0.2, -0.15) is 0 Å². The van der Waals surface area contributed by atoms with E-state index in [0.29, 0.717) is 17.8 Å². The second-order valence-corrected chi connectivity index (χ2v) is 8.43. The Morgan fingerprint density at radius 2 is 1.67 bits per heavy atom. The molecule has 0 heterocycles. The maximum atomic E-state index is 12.9. The lowest BCUT2D eigenvalue weighted by molar-refractivity contribution is 0.0951. The van der Waals surface area contributed by atoms with E-state index in [2.05, 4.69) is 5.32 Å². The van der Waals surface area contributed by atoms with Crippen LogP contribution in [0.1, 0.15) is 22.8 Å². The van der Waals surface area contributed by atoms with E-state index in [1.807, 2.05) is 24.3 Å². The largest absolute Gasteiger partial charge is 0.497 e. The Kier molecular flexibility index (Phi) is 6.74. The molecule has 3 rings (SSSR count). The lowest BCUT2D eigenvalue weighted by Crippen LogP contribution is -2.30.